The van der Waals surface area contributed by atoms with Crippen LogP contribution in [-0.2, 0) is 21.2 Å². The summed E-state index contributed by atoms with van der Waals surface area (Å²) >= 11 is 1.78. The number of amides is 1. The molecule has 6 nitrogen and oxygen atoms in total. The number of nitrogens with two attached hydrogens (primary N) is 1. The Kier molecular flexibility index (Phi) is 6.24. The molecule has 2 unspecified atom stereocenters. The van der Waals surface area contributed by atoms with Crippen LogP contribution in [0.5, 0.6) is 0 Å². The van der Waals surface area contributed by atoms with E-state index in [0.717, 1.165) is 24.9 Å². The number of hydrogen-bond acceptors (Lipinski definition) is 5. The molecule has 152 valence electrons. The van der Waals surface area contributed by atoms with Crippen LogP contribution in [0, 0.1) is 0 Å². The van der Waals surface area contributed by atoms with Crippen molar-refractivity contribution in [2.45, 2.75) is 43.7 Å². The lowest BCUT2D eigenvalue weighted by atomic mass is 9.97. The monoisotopic (exact) mass is 421 g/mol. The van der Waals surface area contributed by atoms with Gasteiger partial charge in [-0.1, -0.05) is 19.1 Å². The normalized spacial score (nSPS) is 18.2. The molecule has 8 heteroatoms. The maximum Gasteiger partial charge on any atom is 0.238 e. The summed E-state index contributed by atoms with van der Waals surface area (Å²) in [4.78, 5) is 18.5. The topological polar surface area (TPSA) is 83.7 Å². The molecule has 1 aliphatic rings. The molecule has 2 N–H and O–H groups in total. The van der Waals surface area contributed by atoms with E-state index in [0.29, 0.717) is 6.54 Å². The molecular weight excluding hydrogens is 394 g/mol. The fourth-order valence-electron chi connectivity index (χ4n) is 3.77. The van der Waals surface area contributed by atoms with Crippen LogP contribution < -0.4 is 5.14 Å². The SMILES string of the molecule is CCC1c2ccsc2CCN1C(=O)CN(C)C(C)c1ccc(S(N)(=O)=O)cc1. The molecule has 1 aromatic heterocycles. The van der Waals surface area contributed by atoms with Crippen LogP contribution in [0.25, 0.3) is 0 Å². The molecule has 0 fully saturated rings. The van der Waals surface area contributed by atoms with Crippen molar-refractivity contribution in [2.24, 2.45) is 5.14 Å². The Balaban J connectivity index is 1.68. The van der Waals surface area contributed by atoms with Crippen LogP contribution in [0.15, 0.2) is 40.6 Å². The first-order valence-electron chi connectivity index (χ1n) is 9.41. The summed E-state index contributed by atoms with van der Waals surface area (Å²) in [6.45, 7) is 5.20. The van der Waals surface area contributed by atoms with Gasteiger partial charge in [-0.15, -0.1) is 11.3 Å². The minimum Gasteiger partial charge on any atom is -0.334 e. The van der Waals surface area contributed by atoms with Crippen molar-refractivity contribution < 1.29 is 13.2 Å². The maximum atomic E-state index is 13.0. The molecule has 0 bridgehead atoms. The Hall–Kier alpha value is -1.74. The van der Waals surface area contributed by atoms with E-state index in [1.807, 2.05) is 23.8 Å². The second-order valence-corrected chi connectivity index (χ2v) is 9.83. The number of carbonyl (C=O) groups excluding carboxylic acids is 1. The minimum atomic E-state index is -3.70. The van der Waals surface area contributed by atoms with Gasteiger partial charge in [0, 0.05) is 17.5 Å². The predicted molar refractivity (Wildman–Crippen MR) is 112 cm³/mol. The molecule has 2 aromatic rings. The first kappa shape index (κ1) is 21.0. The van der Waals surface area contributed by atoms with Gasteiger partial charge in [0.1, 0.15) is 0 Å². The summed E-state index contributed by atoms with van der Waals surface area (Å²) in [5.41, 5.74) is 2.23. The van der Waals surface area contributed by atoms with Crippen LogP contribution in [-0.4, -0.2) is 44.3 Å². The van der Waals surface area contributed by atoms with Crippen molar-refractivity contribution in [3.8, 4) is 0 Å². The lowest BCUT2D eigenvalue weighted by Gasteiger charge is -2.37. The zero-order chi connectivity index (χ0) is 20.5. The van der Waals surface area contributed by atoms with Crippen LogP contribution >= 0.6 is 11.3 Å². The summed E-state index contributed by atoms with van der Waals surface area (Å²) in [6, 6.07) is 8.78. The zero-order valence-electron chi connectivity index (χ0n) is 16.5. The third kappa shape index (κ3) is 4.30. The Morgan fingerprint density at radius 1 is 1.32 bits per heavy atom. The van der Waals surface area contributed by atoms with Crippen molar-refractivity contribution in [1.29, 1.82) is 0 Å². The van der Waals surface area contributed by atoms with Crippen molar-refractivity contribution in [3.63, 3.8) is 0 Å². The lowest BCUT2D eigenvalue weighted by molar-refractivity contribution is -0.135. The van der Waals surface area contributed by atoms with E-state index in [4.69, 9.17) is 5.14 Å². The number of benzene rings is 1. The second-order valence-electron chi connectivity index (χ2n) is 7.27. The van der Waals surface area contributed by atoms with Crippen molar-refractivity contribution in [2.75, 3.05) is 20.1 Å². The molecule has 1 aromatic carbocycles. The molecule has 0 saturated heterocycles. The third-order valence-electron chi connectivity index (χ3n) is 5.54. The molecule has 0 spiro atoms. The highest BCUT2D eigenvalue weighted by molar-refractivity contribution is 7.89. The molecule has 0 saturated carbocycles. The zero-order valence-corrected chi connectivity index (χ0v) is 18.1. The number of thiophene rings is 1. The number of nitrogens with zero attached hydrogens (tertiary/aromatic N) is 2. The highest BCUT2D eigenvalue weighted by atomic mass is 32.2. The summed E-state index contributed by atoms with van der Waals surface area (Å²) < 4.78 is 22.8. The fraction of sp³-hybridized carbons (Fsp3) is 0.450. The van der Waals surface area contributed by atoms with Gasteiger partial charge in [-0.25, -0.2) is 13.6 Å². The first-order valence-corrected chi connectivity index (χ1v) is 11.8. The van der Waals surface area contributed by atoms with Gasteiger partial charge in [-0.2, -0.15) is 0 Å². The van der Waals surface area contributed by atoms with E-state index in [2.05, 4.69) is 18.4 Å². The van der Waals surface area contributed by atoms with E-state index < -0.39 is 10.0 Å². The van der Waals surface area contributed by atoms with Gasteiger partial charge in [-0.3, -0.25) is 9.69 Å². The van der Waals surface area contributed by atoms with Gasteiger partial charge in [0.15, 0.2) is 0 Å². The number of sulfonamides is 1. The standard InChI is InChI=1S/C20H27N3O3S2/c1-4-18-17-10-12-27-19(17)9-11-23(18)20(24)13-22(3)14(2)15-5-7-16(8-6-15)28(21,25)26/h5-8,10,12,14,18H,4,9,11,13H2,1-3H3,(H2,21,25,26). The first-order chi connectivity index (χ1) is 13.2. The average Bonchev–Trinajstić information content (AvgIpc) is 3.14. The lowest BCUT2D eigenvalue weighted by Crippen LogP contribution is -2.44. The Morgan fingerprint density at radius 2 is 2.00 bits per heavy atom. The van der Waals surface area contributed by atoms with Crippen molar-refractivity contribution >= 4 is 27.3 Å². The van der Waals surface area contributed by atoms with E-state index >= 15 is 0 Å². The van der Waals surface area contributed by atoms with Gasteiger partial charge in [-0.05, 0) is 61.5 Å². The third-order valence-corrected chi connectivity index (χ3v) is 7.46. The predicted octanol–water partition coefficient (Wildman–Crippen LogP) is 2.92. The van der Waals surface area contributed by atoms with Crippen LogP contribution in [0.4, 0.5) is 0 Å². The second kappa shape index (κ2) is 8.32. The fourth-order valence-corrected chi connectivity index (χ4v) is 5.21. The molecule has 2 heterocycles. The van der Waals surface area contributed by atoms with Crippen LogP contribution in [0.1, 0.15) is 48.4 Å². The number of hydrogen-bond donors (Lipinski definition) is 1. The van der Waals surface area contributed by atoms with Crippen LogP contribution in [0.2, 0.25) is 0 Å². The number of likely N-dealkylation sites (N-methyl/N-ethyl adjacent to an activating group) is 1. The molecule has 2 atom stereocenters. The minimum absolute atomic E-state index is 0.0277. The number of rotatable bonds is 6. The van der Waals surface area contributed by atoms with Crippen molar-refractivity contribution in [3.05, 3.63) is 51.7 Å². The average molecular weight is 422 g/mol. The van der Waals surface area contributed by atoms with E-state index in [-0.39, 0.29) is 22.9 Å². The van der Waals surface area contributed by atoms with E-state index in [1.165, 1.54) is 22.6 Å². The quantitative estimate of drug-likeness (QED) is 0.777. The van der Waals surface area contributed by atoms with Gasteiger partial charge >= 0.3 is 0 Å². The molecule has 1 amide bonds. The molecule has 1 aliphatic heterocycles. The van der Waals surface area contributed by atoms with Crippen LogP contribution in [0.3, 0.4) is 0 Å². The van der Waals surface area contributed by atoms with Gasteiger partial charge in [0.2, 0.25) is 15.9 Å². The highest BCUT2D eigenvalue weighted by Crippen LogP contribution is 2.35. The largest absolute Gasteiger partial charge is 0.334 e. The Labute approximate surface area is 171 Å². The summed E-state index contributed by atoms with van der Waals surface area (Å²) in [5, 5.41) is 7.27. The summed E-state index contributed by atoms with van der Waals surface area (Å²) in [6.07, 6.45) is 1.83. The number of primary sulfonamides is 1. The Morgan fingerprint density at radius 3 is 2.61 bits per heavy atom. The van der Waals surface area contributed by atoms with E-state index in [1.54, 1.807) is 23.5 Å². The molecule has 0 aliphatic carbocycles. The maximum absolute atomic E-state index is 13.0. The molecular formula is C20H27N3O3S2. The molecule has 28 heavy (non-hydrogen) atoms. The smallest absolute Gasteiger partial charge is 0.238 e. The van der Waals surface area contributed by atoms with Crippen molar-refractivity contribution in [1.82, 2.24) is 9.80 Å². The number of fused-ring (bicyclic) bond motifs is 1. The Bertz CT molecular complexity index is 938. The van der Waals surface area contributed by atoms with Gasteiger partial charge < -0.3 is 4.90 Å². The highest BCUT2D eigenvalue weighted by Gasteiger charge is 2.31. The van der Waals surface area contributed by atoms with Gasteiger partial charge in [0.05, 0.1) is 17.5 Å². The summed E-state index contributed by atoms with van der Waals surface area (Å²) in [7, 11) is -1.79. The summed E-state index contributed by atoms with van der Waals surface area (Å²) in [5.74, 6) is 0.124. The van der Waals surface area contributed by atoms with E-state index in [9.17, 15) is 13.2 Å². The number of carbonyl (C=O) groups is 1. The van der Waals surface area contributed by atoms with Gasteiger partial charge in [0.25, 0.3) is 0 Å². The molecule has 0 radical (unpaired) electrons. The molecule has 3 rings (SSSR count).